The van der Waals surface area contributed by atoms with E-state index in [2.05, 4.69) is 10.2 Å². The molecule has 3 heterocycles. The molecule has 0 radical (unpaired) electrons. The van der Waals surface area contributed by atoms with Crippen LogP contribution < -0.4 is 0 Å². The number of amides is 1. The number of carbonyl (C=O) groups excluding carboxylic acids is 1. The van der Waals surface area contributed by atoms with Gasteiger partial charge in [-0.25, -0.2) is 4.39 Å². The molecular weight excluding hydrogens is 325 g/mol. The number of carbonyl (C=O) groups is 1. The van der Waals surface area contributed by atoms with Gasteiger partial charge in [0, 0.05) is 12.6 Å². The lowest BCUT2D eigenvalue weighted by molar-refractivity contribution is 0.0709. The van der Waals surface area contributed by atoms with E-state index in [1.54, 1.807) is 30.3 Å². The van der Waals surface area contributed by atoms with Crippen molar-refractivity contribution in [2.75, 3.05) is 6.54 Å². The standard InChI is InChI=1S/C18H16FN3O3/c19-12-4-1-3-11(7-12)16-8-13(23)10-22(16)18(24)15-9-14(20-21-15)17-5-2-6-25-17/h1-7,9,13,16,23H,8,10H2,(H,20,21). The van der Waals surface area contributed by atoms with Gasteiger partial charge < -0.3 is 14.4 Å². The van der Waals surface area contributed by atoms with Crippen LogP contribution in [0.3, 0.4) is 0 Å². The van der Waals surface area contributed by atoms with Crippen molar-refractivity contribution >= 4 is 5.91 Å². The fourth-order valence-corrected chi connectivity index (χ4v) is 3.20. The molecule has 7 heteroatoms. The molecule has 0 aliphatic carbocycles. The predicted octanol–water partition coefficient (Wildman–Crippen LogP) is 2.76. The number of benzene rings is 1. The lowest BCUT2D eigenvalue weighted by Crippen LogP contribution is -2.32. The molecule has 1 aromatic carbocycles. The largest absolute Gasteiger partial charge is 0.463 e. The van der Waals surface area contributed by atoms with Crippen LogP contribution in [0.15, 0.2) is 53.1 Å². The molecule has 0 spiro atoms. The van der Waals surface area contributed by atoms with Crippen LogP contribution in [0.4, 0.5) is 4.39 Å². The lowest BCUT2D eigenvalue weighted by atomic mass is 10.0. The van der Waals surface area contributed by atoms with Gasteiger partial charge in [-0.2, -0.15) is 5.10 Å². The van der Waals surface area contributed by atoms with Gasteiger partial charge in [0.2, 0.25) is 0 Å². The smallest absolute Gasteiger partial charge is 0.274 e. The second-order valence-corrected chi connectivity index (χ2v) is 6.06. The third-order valence-corrected chi connectivity index (χ3v) is 4.36. The highest BCUT2D eigenvalue weighted by molar-refractivity contribution is 5.93. The number of H-pyrrole nitrogens is 1. The van der Waals surface area contributed by atoms with Gasteiger partial charge in [0.15, 0.2) is 11.5 Å². The second kappa shape index (κ2) is 6.18. The van der Waals surface area contributed by atoms with E-state index in [4.69, 9.17) is 4.42 Å². The van der Waals surface area contributed by atoms with Gasteiger partial charge in [0.05, 0.1) is 18.4 Å². The van der Waals surface area contributed by atoms with E-state index in [1.807, 2.05) is 0 Å². The van der Waals surface area contributed by atoms with Crippen molar-refractivity contribution in [1.82, 2.24) is 15.1 Å². The number of aromatic amines is 1. The van der Waals surface area contributed by atoms with Gasteiger partial charge in [-0.15, -0.1) is 0 Å². The summed E-state index contributed by atoms with van der Waals surface area (Å²) in [5, 5.41) is 16.9. The number of aliphatic hydroxyl groups excluding tert-OH is 1. The summed E-state index contributed by atoms with van der Waals surface area (Å²) in [6.07, 6.45) is 1.25. The number of halogens is 1. The summed E-state index contributed by atoms with van der Waals surface area (Å²) >= 11 is 0. The number of nitrogens with zero attached hydrogens (tertiary/aromatic N) is 2. The molecular formula is C18H16FN3O3. The Labute approximate surface area is 142 Å². The van der Waals surface area contributed by atoms with E-state index in [0.29, 0.717) is 23.4 Å². The van der Waals surface area contributed by atoms with Crippen molar-refractivity contribution in [3.8, 4) is 11.5 Å². The molecule has 1 saturated heterocycles. The third-order valence-electron chi connectivity index (χ3n) is 4.36. The van der Waals surface area contributed by atoms with Crippen LogP contribution in [-0.4, -0.2) is 38.8 Å². The molecule has 25 heavy (non-hydrogen) atoms. The zero-order valence-corrected chi connectivity index (χ0v) is 13.2. The predicted molar refractivity (Wildman–Crippen MR) is 87.1 cm³/mol. The topological polar surface area (TPSA) is 82.4 Å². The number of hydrogen-bond acceptors (Lipinski definition) is 4. The van der Waals surface area contributed by atoms with Crippen LogP contribution in [-0.2, 0) is 0 Å². The van der Waals surface area contributed by atoms with E-state index in [9.17, 15) is 14.3 Å². The maximum absolute atomic E-state index is 13.5. The van der Waals surface area contributed by atoms with Crippen LogP contribution in [0.5, 0.6) is 0 Å². The van der Waals surface area contributed by atoms with Gasteiger partial charge in [0.1, 0.15) is 11.5 Å². The average molecular weight is 341 g/mol. The summed E-state index contributed by atoms with van der Waals surface area (Å²) < 4.78 is 18.8. The molecule has 3 aromatic rings. The van der Waals surface area contributed by atoms with Gasteiger partial charge in [-0.05, 0) is 36.2 Å². The lowest BCUT2D eigenvalue weighted by Gasteiger charge is -2.24. The summed E-state index contributed by atoms with van der Waals surface area (Å²) in [4.78, 5) is 14.4. The zero-order chi connectivity index (χ0) is 17.4. The number of hydrogen-bond donors (Lipinski definition) is 2. The molecule has 6 nitrogen and oxygen atoms in total. The van der Waals surface area contributed by atoms with E-state index >= 15 is 0 Å². The number of aliphatic hydroxyl groups is 1. The highest BCUT2D eigenvalue weighted by Crippen LogP contribution is 2.33. The SMILES string of the molecule is O=C(c1cc(-c2ccco2)[nH]n1)N1CC(O)CC1c1cccc(F)c1. The molecule has 1 fully saturated rings. The number of likely N-dealkylation sites (tertiary alicyclic amines) is 1. The Morgan fingerprint density at radius 2 is 2.20 bits per heavy atom. The van der Waals surface area contributed by atoms with Gasteiger partial charge in [-0.3, -0.25) is 9.89 Å². The molecule has 1 aliphatic rings. The van der Waals surface area contributed by atoms with Crippen molar-refractivity contribution in [3.63, 3.8) is 0 Å². The highest BCUT2D eigenvalue weighted by atomic mass is 19.1. The van der Waals surface area contributed by atoms with Crippen molar-refractivity contribution in [3.05, 3.63) is 65.8 Å². The fourth-order valence-electron chi connectivity index (χ4n) is 3.20. The van der Waals surface area contributed by atoms with Crippen molar-refractivity contribution in [2.24, 2.45) is 0 Å². The first kappa shape index (κ1) is 15.6. The Morgan fingerprint density at radius 3 is 2.96 bits per heavy atom. The Hall–Kier alpha value is -2.93. The van der Waals surface area contributed by atoms with Crippen LogP contribution in [0.1, 0.15) is 28.5 Å². The number of rotatable bonds is 3. The Morgan fingerprint density at radius 1 is 1.32 bits per heavy atom. The van der Waals surface area contributed by atoms with Gasteiger partial charge in [0.25, 0.3) is 5.91 Å². The molecule has 2 N–H and O–H groups in total. The molecule has 0 saturated carbocycles. The number of furan rings is 1. The minimum atomic E-state index is -0.652. The summed E-state index contributed by atoms with van der Waals surface area (Å²) in [6, 6.07) is 10.8. The molecule has 1 amide bonds. The van der Waals surface area contributed by atoms with Crippen molar-refractivity contribution in [2.45, 2.75) is 18.6 Å². The zero-order valence-electron chi connectivity index (χ0n) is 13.2. The van der Waals surface area contributed by atoms with Gasteiger partial charge in [-0.1, -0.05) is 12.1 Å². The average Bonchev–Trinajstić information content (AvgIpc) is 3.34. The van der Waals surface area contributed by atoms with E-state index in [0.717, 1.165) is 0 Å². The second-order valence-electron chi connectivity index (χ2n) is 6.06. The Kier molecular flexibility index (Phi) is 3.85. The molecule has 2 aromatic heterocycles. The quantitative estimate of drug-likeness (QED) is 0.767. The Balaban J connectivity index is 1.62. The molecule has 1 aliphatic heterocycles. The molecule has 2 atom stereocenters. The van der Waals surface area contributed by atoms with Gasteiger partial charge >= 0.3 is 0 Å². The summed E-state index contributed by atoms with van der Waals surface area (Å²) in [5.74, 6) is -0.110. The van der Waals surface area contributed by atoms with E-state index in [1.165, 1.54) is 23.3 Å². The fraction of sp³-hybridized carbons (Fsp3) is 0.222. The summed E-state index contributed by atoms with van der Waals surface area (Å²) in [7, 11) is 0. The number of nitrogens with one attached hydrogen (secondary N) is 1. The molecule has 128 valence electrons. The number of aromatic nitrogens is 2. The van der Waals surface area contributed by atoms with Crippen molar-refractivity contribution in [1.29, 1.82) is 0 Å². The normalized spacial score (nSPS) is 20.2. The first-order valence-electron chi connectivity index (χ1n) is 7.95. The van der Waals surface area contributed by atoms with E-state index < -0.39 is 6.10 Å². The van der Waals surface area contributed by atoms with E-state index in [-0.39, 0.29) is 30.0 Å². The maximum Gasteiger partial charge on any atom is 0.274 e. The number of β-amino-alcohol motifs (C(OH)–C–C–N with tert-alkyl or cyclic N) is 1. The monoisotopic (exact) mass is 341 g/mol. The van der Waals surface area contributed by atoms with Crippen LogP contribution in [0, 0.1) is 5.82 Å². The van der Waals surface area contributed by atoms with Crippen LogP contribution in [0.2, 0.25) is 0 Å². The summed E-state index contributed by atoms with van der Waals surface area (Å²) in [6.45, 7) is 0.183. The molecule has 2 unspecified atom stereocenters. The summed E-state index contributed by atoms with van der Waals surface area (Å²) in [5.41, 5.74) is 1.48. The van der Waals surface area contributed by atoms with Crippen LogP contribution in [0.25, 0.3) is 11.5 Å². The highest BCUT2D eigenvalue weighted by Gasteiger charge is 2.36. The molecule has 4 rings (SSSR count). The maximum atomic E-state index is 13.5. The molecule has 0 bridgehead atoms. The third kappa shape index (κ3) is 2.94. The van der Waals surface area contributed by atoms with Crippen LogP contribution >= 0.6 is 0 Å². The Bertz CT molecular complexity index is 891. The minimum Gasteiger partial charge on any atom is -0.463 e. The first-order chi connectivity index (χ1) is 12.1. The first-order valence-corrected chi connectivity index (χ1v) is 7.95. The van der Waals surface area contributed by atoms with Crippen molar-refractivity contribution < 1.29 is 18.7 Å². The minimum absolute atomic E-state index is 0.183.